The Balaban J connectivity index is 0.000000250. The van der Waals surface area contributed by atoms with Crippen LogP contribution in [0.1, 0.15) is 110 Å². The second-order valence-corrected chi connectivity index (χ2v) is 34.0. The summed E-state index contributed by atoms with van der Waals surface area (Å²) in [4.78, 5) is 112. The predicted octanol–water partition coefficient (Wildman–Crippen LogP) is 6.95. The lowest BCUT2D eigenvalue weighted by molar-refractivity contribution is -0.152. The maximum atomic E-state index is 14.1. The summed E-state index contributed by atoms with van der Waals surface area (Å²) < 4.78 is 175. The highest BCUT2D eigenvalue weighted by Crippen LogP contribution is 2.55. The molecule has 0 spiro atoms. The highest BCUT2D eigenvalue weighted by atomic mass is 35.5. The molecule has 35 nitrogen and oxygen atoms in total. The van der Waals surface area contributed by atoms with E-state index in [4.69, 9.17) is 98.6 Å². The van der Waals surface area contributed by atoms with Crippen molar-refractivity contribution in [3.05, 3.63) is 178 Å². The first-order valence-electron chi connectivity index (χ1n) is 37.8. The number of carbonyl (C=O) groups is 3. The number of nitrogens with zero attached hydrogens (tertiary/aromatic N) is 5. The number of benzene rings is 3. The number of nitrogens with one attached hydrogen (secondary N) is 3. The summed E-state index contributed by atoms with van der Waals surface area (Å²) in [6.07, 6.45) is -18.5. The number of carbonyl (C=O) groups excluding carboxylic acids is 3. The largest absolute Gasteiger partial charge is 0.463 e. The molecule has 6 heterocycles. The van der Waals surface area contributed by atoms with Gasteiger partial charge in [0, 0.05) is 0 Å². The fourth-order valence-corrected chi connectivity index (χ4v) is 16.9. The number of aromatic amines is 3. The van der Waals surface area contributed by atoms with Crippen LogP contribution < -0.4 is 47.4 Å². The Kier molecular flexibility index (Phi) is 29.9. The number of hydrogen-bond donors (Lipinski definition) is 6. The number of halogens is 4. The van der Waals surface area contributed by atoms with E-state index in [1.54, 1.807) is 101 Å². The first-order valence-corrected chi connectivity index (χ1v) is 41.1. The Bertz CT molecular complexity index is 5200. The van der Waals surface area contributed by atoms with Crippen molar-refractivity contribution in [2.24, 2.45) is 17.8 Å². The van der Waals surface area contributed by atoms with Crippen molar-refractivity contribution in [2.75, 3.05) is 38.2 Å². The highest BCUT2D eigenvalue weighted by molar-refractivity contribution is 7.55. The number of aliphatic hydroxyl groups is 3. The van der Waals surface area contributed by atoms with Crippen molar-refractivity contribution in [3.8, 4) is 52.8 Å². The molecule has 0 radical (unpaired) electrons. The molecule has 3 aromatic heterocycles. The van der Waals surface area contributed by atoms with E-state index < -0.39 is 225 Å². The number of H-pyrrole nitrogens is 3. The summed E-state index contributed by atoms with van der Waals surface area (Å²) in [5, 5.41) is 37.0. The van der Waals surface area contributed by atoms with E-state index in [0.29, 0.717) is 15.4 Å². The average molecular weight is 1730 g/mol. The Morgan fingerprint density at radius 2 is 0.861 bits per heavy atom. The van der Waals surface area contributed by atoms with E-state index in [1.165, 1.54) is 77.9 Å². The second kappa shape index (κ2) is 40.8. The summed E-state index contributed by atoms with van der Waals surface area (Å²) in [5.41, 5.74) is -6.37. The zero-order valence-corrected chi connectivity index (χ0v) is 68.4. The SMILES string of the molecule is [2H]C([2H])(O[P@@](=O)(C[C@@H](C)C(=O)OC(C)C)Oc1ccccc1)[C@H]1O[C@@H](n2cc(F)c(=O)[nH]c2=O)C(Cl)(C#CC)[C@H]1O.[2H]C([2H])(O[P@@](=O)(C[C@@H](C)C(=O)OC(C)C)Oc1ccccc1)[C@H]1O[C@@H](n2cnc(=O)[nH]c2=O)C(Cl)(C#CC)[C@H]1O.[2H]C([2H])(O[P@@](=O)(C[C@@H](C)C(=O)OC(C)C)Oc1ccccc1)[C@H]1O[C@@H](n2ncc(=O)[nH]c2=O)C(Cl)(C#CC)[C@H]1O. The molecular weight excluding hydrogens is 1640 g/mol. The lowest BCUT2D eigenvalue weighted by Gasteiger charge is -2.26. The minimum Gasteiger partial charge on any atom is -0.463 e. The van der Waals surface area contributed by atoms with E-state index in [2.05, 4.69) is 45.6 Å². The summed E-state index contributed by atoms with van der Waals surface area (Å²) >= 11 is 19.7. The molecule has 3 fully saturated rings. The lowest BCUT2D eigenvalue weighted by Crippen LogP contribution is -2.45. The number of aromatic nitrogens is 8. The van der Waals surface area contributed by atoms with Crippen LogP contribution in [-0.2, 0) is 70.1 Å². The minimum atomic E-state index is -4.59. The van der Waals surface area contributed by atoms with E-state index >= 15 is 0 Å². The molecule has 3 aromatic carbocycles. The van der Waals surface area contributed by atoms with Crippen LogP contribution in [0.25, 0.3) is 0 Å². The number of aliphatic hydroxyl groups excluding tert-OH is 3. The van der Waals surface area contributed by atoms with Crippen molar-refractivity contribution >= 4 is 75.5 Å². The molecule has 6 N–H and O–H groups in total. The van der Waals surface area contributed by atoms with Gasteiger partial charge in [-0.1, -0.05) is 128 Å². The average Bonchev–Trinajstić information content (AvgIpc) is 1.59. The molecule has 0 amide bonds. The molecule has 3 aliphatic rings. The molecule has 18 atom stereocenters. The summed E-state index contributed by atoms with van der Waals surface area (Å²) in [5.74, 6) is 8.28. The van der Waals surface area contributed by atoms with Gasteiger partial charge in [0.25, 0.3) is 11.1 Å². The monoisotopic (exact) mass is 1730 g/mol. The van der Waals surface area contributed by atoms with Crippen LogP contribution in [0.5, 0.6) is 17.2 Å². The molecule has 115 heavy (non-hydrogen) atoms. The maximum Gasteiger partial charge on any atom is 0.380 e. The molecule has 0 bridgehead atoms. The topological polar surface area (TPSA) is 464 Å². The van der Waals surface area contributed by atoms with Crippen LogP contribution in [-0.4, -0.2) is 180 Å². The van der Waals surface area contributed by atoms with Crippen molar-refractivity contribution in [1.82, 2.24) is 38.9 Å². The maximum absolute atomic E-state index is 14.1. The van der Waals surface area contributed by atoms with Crippen molar-refractivity contribution in [1.29, 1.82) is 0 Å². The second-order valence-electron chi connectivity index (χ2n) is 26.3. The fourth-order valence-electron chi connectivity index (χ4n) is 10.6. The zero-order chi connectivity index (χ0) is 90.5. The van der Waals surface area contributed by atoms with Gasteiger partial charge in [-0.2, -0.15) is 19.2 Å². The number of esters is 3. The number of ether oxygens (including phenoxy) is 6. The number of para-hydroxylation sites is 3. The summed E-state index contributed by atoms with van der Waals surface area (Å²) in [6, 6.07) is 23.1. The van der Waals surface area contributed by atoms with Crippen LogP contribution in [0, 0.1) is 59.1 Å². The number of alkyl halides is 3. The number of hydrogen-bond acceptors (Lipinski definition) is 29. The van der Waals surface area contributed by atoms with Gasteiger partial charge in [0.15, 0.2) is 33.3 Å². The van der Waals surface area contributed by atoms with E-state index in [0.717, 1.165) is 17.1 Å². The molecule has 9 rings (SSSR count). The standard InChI is InChI=1S/C25H29ClFN2O9P.2C24H29ClN3O9P/c1-5-11-25(26)20(30)19(37-23(25)29-12-18(27)21(31)28-24(29)33)13-35-39(34,38-17-9-7-6-8-10-17)14-16(4)22(32)36-15(2)3;1-5-11-24(25)20(30)18(36-22(24)28-23(32)27-19(29)12-26-28)13-34-38(33,37-17-9-7-6-8-10-17)14-16(4)21(31)35-15(2)3;1-5-11-24(25)19(29)18(36-21(24)28-14-26-22(31)27-23(28)32)12-34-38(33,37-17-9-7-6-8-10-17)13-16(4)20(30)35-15(2)3/h6-10,12,15-16,19-20,23,30H,13-14H2,1-4H3,(H,28,31,33);6-10,12,15-16,18,20,22,30H,13-14H2,1-4H3,(H,27,29,32);6-10,14-16,18-19,21,29H,12-13H2,1-4H3,(H,27,31,32)/t16-,19-,20+,23-,25?,39+;16-,18-,20+,22-,24?,38+;16-,18-,19+,21-,24?,38+/m111/s1/i2*13D2;12D2. The molecule has 6 aromatic rings. The molecular formula is C73H87Cl3FN8O27P3. The highest BCUT2D eigenvalue weighted by Gasteiger charge is 2.60. The zero-order valence-electron chi connectivity index (χ0n) is 69.4. The molecule has 3 unspecified atom stereocenters. The van der Waals surface area contributed by atoms with Gasteiger partial charge in [-0.25, -0.2) is 32.9 Å². The Morgan fingerprint density at radius 3 is 1.19 bits per heavy atom. The van der Waals surface area contributed by atoms with Gasteiger partial charge in [-0.15, -0.1) is 17.8 Å². The molecule has 0 aliphatic carbocycles. The predicted molar refractivity (Wildman–Crippen MR) is 413 cm³/mol. The van der Waals surface area contributed by atoms with E-state index in [1.807, 2.05) is 9.97 Å². The van der Waals surface area contributed by atoms with Gasteiger partial charge in [0.2, 0.25) is 5.82 Å². The smallest absolute Gasteiger partial charge is 0.380 e. The Labute approximate surface area is 681 Å². The van der Waals surface area contributed by atoms with Crippen molar-refractivity contribution < 1.29 is 112 Å². The van der Waals surface area contributed by atoms with Gasteiger partial charge < -0.3 is 57.3 Å². The van der Waals surface area contributed by atoms with Crippen LogP contribution in [0.4, 0.5) is 4.39 Å². The van der Waals surface area contributed by atoms with Crippen molar-refractivity contribution in [3.63, 3.8) is 0 Å². The van der Waals surface area contributed by atoms with Crippen LogP contribution >= 0.6 is 57.6 Å². The van der Waals surface area contributed by atoms with E-state index in [9.17, 15) is 76.6 Å². The Morgan fingerprint density at radius 1 is 0.530 bits per heavy atom. The van der Waals surface area contributed by atoms with Crippen molar-refractivity contribution in [2.45, 2.75) is 171 Å². The quantitative estimate of drug-likeness (QED) is 0.00873. The molecule has 0 saturated carbocycles. The summed E-state index contributed by atoms with van der Waals surface area (Å²) in [6.45, 7) is 8.75. The number of rotatable bonds is 30. The minimum absolute atomic E-state index is 0.0284. The fraction of sp³-hybridized carbons (Fsp3) is 0.493. The molecule has 42 heteroatoms. The molecule has 624 valence electrons. The molecule has 3 saturated heterocycles. The van der Waals surface area contributed by atoms with Crippen LogP contribution in [0.15, 0.2) is 138 Å². The van der Waals surface area contributed by atoms with Gasteiger partial charge in [-0.3, -0.25) is 61.6 Å². The van der Waals surface area contributed by atoms with Gasteiger partial charge >= 0.3 is 63.5 Å². The first-order chi connectivity index (χ1) is 56.3. The first kappa shape index (κ1) is 84.1. The third kappa shape index (κ3) is 24.6. The normalized spacial score (nSPS) is 26.2. The van der Waals surface area contributed by atoms with Crippen LogP contribution in [0.2, 0.25) is 0 Å². The van der Waals surface area contributed by atoms with E-state index in [-0.39, 0.29) is 17.2 Å². The van der Waals surface area contributed by atoms with Crippen LogP contribution in [0.3, 0.4) is 0 Å². The van der Waals surface area contributed by atoms with Gasteiger partial charge in [-0.05, 0) is 98.7 Å². The lowest BCUT2D eigenvalue weighted by atomic mass is 9.99. The van der Waals surface area contributed by atoms with Gasteiger partial charge in [0.1, 0.15) is 66.4 Å². The third-order valence-corrected chi connectivity index (χ3v) is 22.9. The summed E-state index contributed by atoms with van der Waals surface area (Å²) in [7, 11) is -13.7. The molecule has 3 aliphatic heterocycles. The van der Waals surface area contributed by atoms with Gasteiger partial charge in [0.05, 0.1) is 88.6 Å². The Hall–Kier alpha value is -8.82. The third-order valence-electron chi connectivity index (χ3n) is 15.8.